The van der Waals surface area contributed by atoms with Gasteiger partial charge in [0.25, 0.3) is 5.91 Å². The van der Waals surface area contributed by atoms with Gasteiger partial charge in [0, 0.05) is 17.6 Å². The Morgan fingerprint density at radius 2 is 2.25 bits per heavy atom. The Kier molecular flexibility index (Phi) is 7.41. The van der Waals surface area contributed by atoms with Crippen molar-refractivity contribution in [1.29, 1.82) is 0 Å². The van der Waals surface area contributed by atoms with Crippen molar-refractivity contribution in [3.05, 3.63) is 28.8 Å². The average Bonchev–Trinajstić information content (AvgIpc) is 2.44. The van der Waals surface area contributed by atoms with Crippen molar-refractivity contribution in [2.45, 2.75) is 39.2 Å². The Labute approximate surface area is 125 Å². The largest absolute Gasteiger partial charge is 0.484 e. The molecule has 5 heteroatoms. The molecule has 1 aromatic rings. The first kappa shape index (κ1) is 16.8. The predicted molar refractivity (Wildman–Crippen MR) is 82.2 cm³/mol. The number of rotatable bonds is 8. The Morgan fingerprint density at radius 3 is 2.85 bits per heavy atom. The van der Waals surface area contributed by atoms with Crippen molar-refractivity contribution in [3.63, 3.8) is 0 Å². The molecule has 112 valence electrons. The summed E-state index contributed by atoms with van der Waals surface area (Å²) in [6.07, 6.45) is 3.05. The van der Waals surface area contributed by atoms with Crippen LogP contribution in [-0.4, -0.2) is 25.1 Å². The molecule has 0 fully saturated rings. The second-order valence-corrected chi connectivity index (χ2v) is 5.25. The number of amides is 1. The highest BCUT2D eigenvalue weighted by molar-refractivity contribution is 6.31. The van der Waals surface area contributed by atoms with E-state index in [1.165, 1.54) is 0 Å². The van der Waals surface area contributed by atoms with E-state index in [9.17, 15) is 4.79 Å². The van der Waals surface area contributed by atoms with Crippen LogP contribution < -0.4 is 15.8 Å². The van der Waals surface area contributed by atoms with Gasteiger partial charge in [-0.15, -0.1) is 0 Å². The molecule has 3 N–H and O–H groups in total. The van der Waals surface area contributed by atoms with Gasteiger partial charge in [-0.25, -0.2) is 0 Å². The summed E-state index contributed by atoms with van der Waals surface area (Å²) in [5.74, 6) is 0.490. The highest BCUT2D eigenvalue weighted by Crippen LogP contribution is 2.20. The van der Waals surface area contributed by atoms with E-state index in [4.69, 9.17) is 22.1 Å². The second kappa shape index (κ2) is 8.82. The molecule has 0 aliphatic carbocycles. The number of nitrogens with one attached hydrogen (secondary N) is 1. The second-order valence-electron chi connectivity index (χ2n) is 4.84. The van der Waals surface area contributed by atoms with Gasteiger partial charge >= 0.3 is 0 Å². The van der Waals surface area contributed by atoms with Gasteiger partial charge in [-0.1, -0.05) is 31.4 Å². The lowest BCUT2D eigenvalue weighted by molar-refractivity contribution is -0.123. The summed E-state index contributed by atoms with van der Waals surface area (Å²) in [5.41, 5.74) is 6.56. The molecular weight excluding hydrogens is 276 g/mol. The third-order valence-electron chi connectivity index (χ3n) is 3.06. The van der Waals surface area contributed by atoms with Crippen molar-refractivity contribution in [2.24, 2.45) is 5.73 Å². The Bertz CT molecular complexity index is 438. The van der Waals surface area contributed by atoms with E-state index >= 15 is 0 Å². The van der Waals surface area contributed by atoms with Crippen LogP contribution in [0.3, 0.4) is 0 Å². The smallest absolute Gasteiger partial charge is 0.258 e. The first-order chi connectivity index (χ1) is 9.56. The van der Waals surface area contributed by atoms with Crippen molar-refractivity contribution in [1.82, 2.24) is 5.32 Å². The number of aryl methyl sites for hydroxylation is 1. The van der Waals surface area contributed by atoms with E-state index in [-0.39, 0.29) is 18.6 Å². The Balaban J connectivity index is 2.40. The van der Waals surface area contributed by atoms with Gasteiger partial charge in [0.2, 0.25) is 0 Å². The molecule has 1 atom stereocenters. The predicted octanol–water partition coefficient (Wildman–Crippen LogP) is 2.66. The molecule has 20 heavy (non-hydrogen) atoms. The van der Waals surface area contributed by atoms with Crippen LogP contribution in [0.4, 0.5) is 0 Å². The fourth-order valence-electron chi connectivity index (χ4n) is 1.82. The maximum absolute atomic E-state index is 11.8. The monoisotopic (exact) mass is 298 g/mol. The SMILES string of the molecule is CCCCC(CN)NC(=O)COc1ccc(Cl)c(C)c1. The summed E-state index contributed by atoms with van der Waals surface area (Å²) in [7, 11) is 0. The molecule has 0 aliphatic heterocycles. The Morgan fingerprint density at radius 1 is 1.50 bits per heavy atom. The average molecular weight is 299 g/mol. The van der Waals surface area contributed by atoms with Gasteiger partial charge in [0.05, 0.1) is 0 Å². The summed E-state index contributed by atoms with van der Waals surface area (Å²) in [6, 6.07) is 5.35. The minimum absolute atomic E-state index is 0.0102. The molecule has 0 heterocycles. The zero-order valence-corrected chi connectivity index (χ0v) is 12.9. The molecule has 4 nitrogen and oxygen atoms in total. The van der Waals surface area contributed by atoms with Crippen LogP contribution in [0.25, 0.3) is 0 Å². The molecule has 0 saturated carbocycles. The lowest BCUT2D eigenvalue weighted by atomic mass is 10.1. The van der Waals surface area contributed by atoms with E-state index in [0.717, 1.165) is 24.8 Å². The first-order valence-corrected chi connectivity index (χ1v) is 7.33. The minimum atomic E-state index is -0.149. The fourth-order valence-corrected chi connectivity index (χ4v) is 1.94. The number of halogens is 1. The van der Waals surface area contributed by atoms with E-state index in [1.54, 1.807) is 12.1 Å². The molecule has 0 bridgehead atoms. The number of hydrogen-bond donors (Lipinski definition) is 2. The third kappa shape index (κ3) is 5.80. The minimum Gasteiger partial charge on any atom is -0.484 e. The zero-order valence-electron chi connectivity index (χ0n) is 12.1. The van der Waals surface area contributed by atoms with Gasteiger partial charge in [-0.2, -0.15) is 0 Å². The number of benzene rings is 1. The first-order valence-electron chi connectivity index (χ1n) is 6.95. The summed E-state index contributed by atoms with van der Waals surface area (Å²) in [6.45, 7) is 4.45. The molecule has 0 aliphatic rings. The fraction of sp³-hybridized carbons (Fsp3) is 0.533. The van der Waals surface area contributed by atoms with Crippen molar-refractivity contribution in [2.75, 3.05) is 13.2 Å². The van der Waals surface area contributed by atoms with E-state index < -0.39 is 0 Å². The highest BCUT2D eigenvalue weighted by atomic mass is 35.5. The summed E-state index contributed by atoms with van der Waals surface area (Å²) >= 11 is 5.93. The van der Waals surface area contributed by atoms with Gasteiger partial charge in [0.1, 0.15) is 5.75 Å². The number of nitrogens with two attached hydrogens (primary N) is 1. The molecular formula is C15H23ClN2O2. The lowest BCUT2D eigenvalue weighted by Crippen LogP contribution is -2.42. The molecule has 0 radical (unpaired) electrons. The number of ether oxygens (including phenoxy) is 1. The van der Waals surface area contributed by atoms with Crippen LogP contribution in [0.2, 0.25) is 5.02 Å². The molecule has 1 rings (SSSR count). The van der Waals surface area contributed by atoms with Gasteiger partial charge < -0.3 is 15.8 Å². The quantitative estimate of drug-likeness (QED) is 0.775. The van der Waals surface area contributed by atoms with Crippen LogP contribution in [0.1, 0.15) is 31.7 Å². The van der Waals surface area contributed by atoms with E-state index in [0.29, 0.717) is 17.3 Å². The van der Waals surface area contributed by atoms with Gasteiger partial charge in [-0.3, -0.25) is 4.79 Å². The van der Waals surface area contributed by atoms with Crippen LogP contribution in [0, 0.1) is 6.92 Å². The summed E-state index contributed by atoms with van der Waals surface area (Å²) in [4.78, 5) is 11.8. The van der Waals surface area contributed by atoms with Gasteiger partial charge in [0.15, 0.2) is 6.61 Å². The number of hydrogen-bond acceptors (Lipinski definition) is 3. The van der Waals surface area contributed by atoms with Crippen molar-refractivity contribution >= 4 is 17.5 Å². The third-order valence-corrected chi connectivity index (χ3v) is 3.48. The van der Waals surface area contributed by atoms with Gasteiger partial charge in [-0.05, 0) is 37.1 Å². The van der Waals surface area contributed by atoms with Crippen LogP contribution in [0.5, 0.6) is 5.75 Å². The maximum Gasteiger partial charge on any atom is 0.258 e. The zero-order chi connectivity index (χ0) is 15.0. The van der Waals surface area contributed by atoms with Crippen LogP contribution >= 0.6 is 11.6 Å². The Hall–Kier alpha value is -1.26. The molecule has 1 unspecified atom stereocenters. The summed E-state index contributed by atoms with van der Waals surface area (Å²) < 4.78 is 5.44. The number of carbonyl (C=O) groups is 1. The molecule has 1 aromatic carbocycles. The standard InChI is InChI=1S/C15H23ClN2O2/c1-3-4-5-12(9-17)18-15(19)10-20-13-6-7-14(16)11(2)8-13/h6-8,12H,3-5,9-10,17H2,1-2H3,(H,18,19). The number of unbranched alkanes of at least 4 members (excludes halogenated alkanes) is 1. The van der Waals surface area contributed by atoms with Crippen molar-refractivity contribution < 1.29 is 9.53 Å². The van der Waals surface area contributed by atoms with E-state index in [2.05, 4.69) is 12.2 Å². The summed E-state index contributed by atoms with van der Waals surface area (Å²) in [5, 5.41) is 3.57. The highest BCUT2D eigenvalue weighted by Gasteiger charge is 2.10. The maximum atomic E-state index is 11.8. The molecule has 0 saturated heterocycles. The van der Waals surface area contributed by atoms with Crippen molar-refractivity contribution in [3.8, 4) is 5.75 Å². The molecule has 0 spiro atoms. The normalized spacial score (nSPS) is 12.0. The number of carbonyl (C=O) groups excluding carboxylic acids is 1. The van der Waals surface area contributed by atoms with Crippen LogP contribution in [-0.2, 0) is 4.79 Å². The van der Waals surface area contributed by atoms with E-state index in [1.807, 2.05) is 13.0 Å². The molecule has 1 amide bonds. The van der Waals surface area contributed by atoms with Crippen LogP contribution in [0.15, 0.2) is 18.2 Å². The topological polar surface area (TPSA) is 64.3 Å². The molecule has 0 aromatic heterocycles. The lowest BCUT2D eigenvalue weighted by Gasteiger charge is -2.16.